The van der Waals surface area contributed by atoms with Gasteiger partial charge in [-0.25, -0.2) is 0 Å². The molecule has 0 aromatic heterocycles. The van der Waals surface area contributed by atoms with Crippen LogP contribution in [-0.2, 0) is 33.5 Å². The summed E-state index contributed by atoms with van der Waals surface area (Å²) in [5.74, 6) is 0. The fraction of sp³-hybridized carbons (Fsp3) is 0. The Morgan fingerprint density at radius 2 is 1.91 bits per heavy atom. The van der Waals surface area contributed by atoms with E-state index in [2.05, 4.69) is 19.6 Å². The summed E-state index contributed by atoms with van der Waals surface area (Å²) >= 11 is -1.54. The van der Waals surface area contributed by atoms with Crippen LogP contribution in [-0.4, -0.2) is 0 Å². The highest BCUT2D eigenvalue weighted by Gasteiger charge is 2.23. The Morgan fingerprint density at radius 3 is 2.64 bits per heavy atom. The van der Waals surface area contributed by atoms with Crippen molar-refractivity contribution in [2.75, 3.05) is 0 Å². The van der Waals surface area contributed by atoms with E-state index in [-0.39, 0.29) is 0 Å². The largest absolute Gasteiger partial charge is 0.434 e. The van der Waals surface area contributed by atoms with Gasteiger partial charge in [-0.05, 0) is 0 Å². The number of hydrogen-bond acceptors (Lipinski definition) is 5. The Kier molecular flexibility index (Phi) is 1.86. The average Bonchev–Trinajstić information content (AvgIpc) is 1.82. The zero-order valence-corrected chi connectivity index (χ0v) is 8.01. The van der Waals surface area contributed by atoms with Crippen LogP contribution < -0.4 is 0 Å². The minimum atomic E-state index is -4.43. The first-order valence-corrected chi connectivity index (χ1v) is 6.60. The first kappa shape index (κ1) is 7.84. The Balaban J connectivity index is 2.66. The lowest BCUT2D eigenvalue weighted by Gasteiger charge is -2.05. The SMILES string of the molecule is FP1(F)=NS2=NS(=N1)N=S=N2. The molecule has 0 saturated heterocycles. The Bertz CT molecular complexity index is 381. The van der Waals surface area contributed by atoms with Gasteiger partial charge in [-0.3, -0.25) is 0 Å². The Morgan fingerprint density at radius 1 is 1.18 bits per heavy atom. The molecule has 0 saturated carbocycles. The minimum absolute atomic E-state index is 0.866. The summed E-state index contributed by atoms with van der Waals surface area (Å²) in [5, 5.41) is 0. The highest BCUT2D eigenvalue weighted by atomic mass is 32.3. The number of rotatable bonds is 0. The lowest BCUT2D eigenvalue weighted by Crippen LogP contribution is -1.90. The average molecular weight is 235 g/mol. The van der Waals surface area contributed by atoms with Crippen LogP contribution in [0.5, 0.6) is 0 Å². The van der Waals surface area contributed by atoms with Gasteiger partial charge in [0.05, 0.1) is 11.4 Å². The predicted octanol–water partition coefficient (Wildman–Crippen LogP) is 2.61. The van der Waals surface area contributed by atoms with Crippen molar-refractivity contribution in [1.29, 1.82) is 0 Å². The molecule has 2 bridgehead atoms. The summed E-state index contributed by atoms with van der Waals surface area (Å²) in [6.07, 6.45) is 0. The van der Waals surface area contributed by atoms with Crippen LogP contribution in [0.15, 0.2) is 19.6 Å². The quantitative estimate of drug-likeness (QED) is 0.579. The number of fused-ring (bicyclic) bond motifs is 1. The third-order valence-electron chi connectivity index (χ3n) is 0.676. The molecule has 0 aromatic carbocycles. The molecule has 62 valence electrons. The lowest BCUT2D eigenvalue weighted by molar-refractivity contribution is 0.728. The molecule has 0 amide bonds. The first-order valence-electron chi connectivity index (χ1n) is 2.20. The molecule has 0 N–H and O–H groups in total. The standard InChI is InChI=1S/F2N5PS3/c1-8(2)3-10-5-9-6-11(4-8)7-10. The molecule has 2 rings (SSSR count). The zero-order valence-electron chi connectivity index (χ0n) is 4.66. The van der Waals surface area contributed by atoms with E-state index in [0.717, 1.165) is 11.4 Å². The molecule has 5 nitrogen and oxygen atoms in total. The van der Waals surface area contributed by atoms with Crippen LogP contribution in [0.1, 0.15) is 0 Å². The van der Waals surface area contributed by atoms with Crippen molar-refractivity contribution in [2.24, 2.45) is 19.6 Å². The zero-order chi connectivity index (χ0) is 7.90. The minimum Gasteiger partial charge on any atom is -0.149 e. The molecule has 11 heteroatoms. The molecule has 2 heterocycles. The second kappa shape index (κ2) is 2.61. The number of halogens is 2. The first-order chi connectivity index (χ1) is 5.16. The van der Waals surface area contributed by atoms with Gasteiger partial charge in [0, 0.05) is 0 Å². The molecule has 0 aliphatic carbocycles. The van der Waals surface area contributed by atoms with Gasteiger partial charge in [0.15, 0.2) is 22.1 Å². The van der Waals surface area contributed by atoms with Crippen molar-refractivity contribution >= 4 is 41.3 Å². The molecule has 11 heavy (non-hydrogen) atoms. The maximum Gasteiger partial charge on any atom is 0.434 e. The summed E-state index contributed by atoms with van der Waals surface area (Å²) in [5.41, 5.74) is 0. The van der Waals surface area contributed by atoms with Crippen LogP contribution in [0, 0.1) is 0 Å². The third-order valence-corrected chi connectivity index (χ3v) is 6.08. The summed E-state index contributed by atoms with van der Waals surface area (Å²) in [7, 11) is -4.43. The summed E-state index contributed by atoms with van der Waals surface area (Å²) in [4.78, 5) is 0. The van der Waals surface area contributed by atoms with Gasteiger partial charge in [-0.15, -0.1) is 28.0 Å². The summed E-state index contributed by atoms with van der Waals surface area (Å²) in [6, 6.07) is 0. The van der Waals surface area contributed by atoms with Crippen LogP contribution in [0.2, 0.25) is 0 Å². The fourth-order valence-electron chi connectivity index (χ4n) is 0.410. The molecule has 2 atom stereocenters. The van der Waals surface area contributed by atoms with Crippen LogP contribution in [0.25, 0.3) is 0 Å². The van der Waals surface area contributed by atoms with E-state index in [1.807, 2.05) is 0 Å². The number of hydrogen-bond donors (Lipinski definition) is 0. The van der Waals surface area contributed by atoms with Crippen LogP contribution >= 0.6 is 7.83 Å². The smallest absolute Gasteiger partial charge is 0.149 e. The highest BCUT2D eigenvalue weighted by molar-refractivity contribution is 8.06. The van der Waals surface area contributed by atoms with Crippen molar-refractivity contribution in [3.8, 4) is 0 Å². The van der Waals surface area contributed by atoms with E-state index in [4.69, 9.17) is 0 Å². The molecule has 0 aromatic rings. The lowest BCUT2D eigenvalue weighted by atomic mass is 13.8. The third kappa shape index (κ3) is 1.68. The van der Waals surface area contributed by atoms with E-state index in [0.29, 0.717) is 0 Å². The van der Waals surface area contributed by atoms with E-state index in [1.54, 1.807) is 0 Å². The maximum atomic E-state index is 12.5. The van der Waals surface area contributed by atoms with E-state index in [9.17, 15) is 8.39 Å². The molecule has 2 aliphatic rings. The van der Waals surface area contributed by atoms with Crippen molar-refractivity contribution in [2.45, 2.75) is 0 Å². The molecule has 0 spiro atoms. The molecule has 0 radical (unpaired) electrons. The second-order valence-electron chi connectivity index (χ2n) is 1.41. The summed E-state index contributed by atoms with van der Waals surface area (Å²) in [6.45, 7) is 0. The predicted molar refractivity (Wildman–Crippen MR) is 43.4 cm³/mol. The summed E-state index contributed by atoms with van der Waals surface area (Å²) < 4.78 is 42.1. The molecular weight excluding hydrogens is 235 g/mol. The van der Waals surface area contributed by atoms with Gasteiger partial charge in [0.1, 0.15) is 0 Å². The van der Waals surface area contributed by atoms with E-state index >= 15 is 0 Å². The molecule has 2 unspecified atom stereocenters. The Labute approximate surface area is 69.6 Å². The fourth-order valence-corrected chi connectivity index (χ4v) is 5.77. The van der Waals surface area contributed by atoms with Gasteiger partial charge in [0.2, 0.25) is 0 Å². The van der Waals surface area contributed by atoms with E-state index in [1.165, 1.54) is 0 Å². The van der Waals surface area contributed by atoms with Gasteiger partial charge in [-0.2, -0.15) is 0 Å². The molecular formula is F2N5PS3. The van der Waals surface area contributed by atoms with Crippen molar-refractivity contribution in [3.63, 3.8) is 0 Å². The van der Waals surface area contributed by atoms with Crippen molar-refractivity contribution in [1.82, 2.24) is 0 Å². The van der Waals surface area contributed by atoms with Crippen molar-refractivity contribution < 1.29 is 8.39 Å². The van der Waals surface area contributed by atoms with Gasteiger partial charge in [-0.1, -0.05) is 0 Å². The van der Waals surface area contributed by atoms with Crippen molar-refractivity contribution in [3.05, 3.63) is 0 Å². The monoisotopic (exact) mass is 235 g/mol. The van der Waals surface area contributed by atoms with Gasteiger partial charge >= 0.3 is 7.83 Å². The maximum absolute atomic E-state index is 12.5. The molecule has 2 aliphatic heterocycles. The van der Waals surface area contributed by atoms with Crippen LogP contribution in [0.4, 0.5) is 8.39 Å². The topological polar surface area (TPSA) is 61.8 Å². The Hall–Kier alpha value is 0.210. The molecule has 0 fully saturated rings. The van der Waals surface area contributed by atoms with E-state index < -0.39 is 30.0 Å². The number of nitrogens with zero attached hydrogens (tertiary/aromatic N) is 5. The highest BCUT2D eigenvalue weighted by Crippen LogP contribution is 2.58. The normalized spacial score (nSPS) is 37.6. The van der Waals surface area contributed by atoms with Crippen LogP contribution in [0.3, 0.4) is 0 Å². The van der Waals surface area contributed by atoms with Gasteiger partial charge < -0.3 is 0 Å². The second-order valence-corrected chi connectivity index (χ2v) is 6.56. The van der Waals surface area contributed by atoms with Gasteiger partial charge in [0.25, 0.3) is 0 Å².